The number of ether oxygens (including phenoxy) is 1. The van der Waals surface area contributed by atoms with E-state index in [1.54, 1.807) is 0 Å². The van der Waals surface area contributed by atoms with Gasteiger partial charge in [0.25, 0.3) is 0 Å². The first-order chi connectivity index (χ1) is 9.43. The minimum Gasteiger partial charge on any atom is -0.496 e. The molecule has 0 aromatic heterocycles. The molecule has 1 fully saturated rings. The van der Waals surface area contributed by atoms with Gasteiger partial charge in [-0.15, -0.1) is 0 Å². The number of hydrogen-bond donors (Lipinski definition) is 1. The lowest BCUT2D eigenvalue weighted by molar-refractivity contribution is 0.386. The van der Waals surface area contributed by atoms with Gasteiger partial charge in [-0.2, -0.15) is 0 Å². The zero-order valence-electron chi connectivity index (χ0n) is 13.7. The van der Waals surface area contributed by atoms with Crippen molar-refractivity contribution in [3.8, 4) is 5.75 Å². The number of methoxy groups -OCH3 is 1. The Labute approximate surface area is 123 Å². The molecule has 1 aromatic rings. The Hall–Kier alpha value is -1.02. The highest BCUT2D eigenvalue weighted by atomic mass is 16.5. The Morgan fingerprint density at radius 3 is 2.55 bits per heavy atom. The standard InChI is InChI=1S/C18H29NO/c1-13-11-15(14-7-6-9-19-10-8-14)17(20-5)16(12-13)18(2,3)4/h11-12,14,19H,6-10H2,1-5H3. The van der Waals surface area contributed by atoms with E-state index in [1.807, 2.05) is 7.11 Å². The first kappa shape index (κ1) is 15.4. The van der Waals surface area contributed by atoms with Crippen molar-refractivity contribution >= 4 is 0 Å². The van der Waals surface area contributed by atoms with Crippen molar-refractivity contribution in [2.24, 2.45) is 0 Å². The van der Waals surface area contributed by atoms with Crippen LogP contribution in [0.4, 0.5) is 0 Å². The summed E-state index contributed by atoms with van der Waals surface area (Å²) in [7, 11) is 1.82. The van der Waals surface area contributed by atoms with Crippen LogP contribution in [0.3, 0.4) is 0 Å². The van der Waals surface area contributed by atoms with Crippen LogP contribution in [-0.4, -0.2) is 20.2 Å². The maximum Gasteiger partial charge on any atom is 0.126 e. The molecule has 1 unspecified atom stereocenters. The van der Waals surface area contributed by atoms with Crippen LogP contribution in [0.25, 0.3) is 0 Å². The van der Waals surface area contributed by atoms with Crippen LogP contribution in [0.2, 0.25) is 0 Å². The van der Waals surface area contributed by atoms with Gasteiger partial charge >= 0.3 is 0 Å². The summed E-state index contributed by atoms with van der Waals surface area (Å²) in [6.45, 7) is 11.3. The topological polar surface area (TPSA) is 21.3 Å². The van der Waals surface area contributed by atoms with Crippen LogP contribution in [0.5, 0.6) is 5.75 Å². The average Bonchev–Trinajstić information content (AvgIpc) is 2.65. The summed E-state index contributed by atoms with van der Waals surface area (Å²) < 4.78 is 5.83. The maximum absolute atomic E-state index is 5.83. The summed E-state index contributed by atoms with van der Waals surface area (Å²) in [5.74, 6) is 1.75. The lowest BCUT2D eigenvalue weighted by atomic mass is 9.81. The Morgan fingerprint density at radius 1 is 1.15 bits per heavy atom. The Bertz CT molecular complexity index is 451. The summed E-state index contributed by atoms with van der Waals surface area (Å²) in [4.78, 5) is 0. The van der Waals surface area contributed by atoms with E-state index in [1.165, 1.54) is 36.0 Å². The highest BCUT2D eigenvalue weighted by Crippen LogP contribution is 2.40. The molecule has 0 amide bonds. The molecule has 0 saturated carbocycles. The van der Waals surface area contributed by atoms with Crippen molar-refractivity contribution in [3.05, 3.63) is 28.8 Å². The summed E-state index contributed by atoms with van der Waals surface area (Å²) in [6, 6.07) is 4.63. The monoisotopic (exact) mass is 275 g/mol. The number of aryl methyl sites for hydroxylation is 1. The molecule has 1 N–H and O–H groups in total. The third kappa shape index (κ3) is 3.35. The molecule has 1 aliphatic heterocycles. The molecule has 20 heavy (non-hydrogen) atoms. The normalized spacial score (nSPS) is 20.6. The van der Waals surface area contributed by atoms with Crippen LogP contribution in [0.1, 0.15) is 62.6 Å². The summed E-state index contributed by atoms with van der Waals surface area (Å²) in [5.41, 5.74) is 4.23. The van der Waals surface area contributed by atoms with Gasteiger partial charge in [-0.05, 0) is 56.2 Å². The molecule has 2 nitrogen and oxygen atoms in total. The van der Waals surface area contributed by atoms with Crippen molar-refractivity contribution in [1.82, 2.24) is 5.32 Å². The number of benzene rings is 1. The van der Waals surface area contributed by atoms with Gasteiger partial charge in [0.2, 0.25) is 0 Å². The quantitative estimate of drug-likeness (QED) is 0.875. The summed E-state index contributed by atoms with van der Waals surface area (Å²) in [6.07, 6.45) is 3.73. The van der Waals surface area contributed by atoms with E-state index in [0.717, 1.165) is 18.8 Å². The highest BCUT2D eigenvalue weighted by Gasteiger charge is 2.25. The largest absolute Gasteiger partial charge is 0.496 e. The van der Waals surface area contributed by atoms with E-state index < -0.39 is 0 Å². The van der Waals surface area contributed by atoms with E-state index in [2.05, 4.69) is 45.1 Å². The van der Waals surface area contributed by atoms with Crippen LogP contribution in [0.15, 0.2) is 12.1 Å². The van der Waals surface area contributed by atoms with Crippen molar-refractivity contribution in [3.63, 3.8) is 0 Å². The van der Waals surface area contributed by atoms with Crippen LogP contribution in [-0.2, 0) is 5.41 Å². The van der Waals surface area contributed by atoms with Crippen molar-refractivity contribution in [1.29, 1.82) is 0 Å². The van der Waals surface area contributed by atoms with Gasteiger partial charge in [-0.1, -0.05) is 38.5 Å². The Balaban J connectivity index is 2.48. The number of nitrogens with one attached hydrogen (secondary N) is 1. The molecule has 0 radical (unpaired) electrons. The Morgan fingerprint density at radius 2 is 1.90 bits per heavy atom. The second-order valence-electron chi connectivity index (χ2n) is 7.06. The van der Waals surface area contributed by atoms with Gasteiger partial charge < -0.3 is 10.1 Å². The van der Waals surface area contributed by atoms with E-state index in [4.69, 9.17) is 4.74 Å². The Kier molecular flexibility index (Phi) is 4.74. The van der Waals surface area contributed by atoms with Crippen LogP contribution >= 0.6 is 0 Å². The van der Waals surface area contributed by atoms with Gasteiger partial charge in [0.05, 0.1) is 7.11 Å². The average molecular weight is 275 g/mol. The van der Waals surface area contributed by atoms with Crippen LogP contribution < -0.4 is 10.1 Å². The predicted molar refractivity (Wildman–Crippen MR) is 85.9 cm³/mol. The van der Waals surface area contributed by atoms with Gasteiger partial charge in [0.1, 0.15) is 5.75 Å². The molecule has 2 heteroatoms. The minimum absolute atomic E-state index is 0.120. The second-order valence-corrected chi connectivity index (χ2v) is 7.06. The first-order valence-corrected chi connectivity index (χ1v) is 7.83. The molecular weight excluding hydrogens is 246 g/mol. The number of rotatable bonds is 2. The molecule has 1 aliphatic rings. The molecule has 1 heterocycles. The van der Waals surface area contributed by atoms with Crippen LogP contribution in [0, 0.1) is 6.92 Å². The molecule has 0 bridgehead atoms. The van der Waals surface area contributed by atoms with Crippen molar-refractivity contribution in [2.45, 2.75) is 58.3 Å². The van der Waals surface area contributed by atoms with Crippen molar-refractivity contribution < 1.29 is 4.74 Å². The zero-order chi connectivity index (χ0) is 14.8. The predicted octanol–water partition coefficient (Wildman–Crippen LogP) is 4.16. The lowest BCUT2D eigenvalue weighted by Gasteiger charge is -2.27. The molecule has 2 rings (SSSR count). The maximum atomic E-state index is 5.83. The summed E-state index contributed by atoms with van der Waals surface area (Å²) in [5, 5.41) is 3.50. The lowest BCUT2D eigenvalue weighted by Crippen LogP contribution is -2.16. The fourth-order valence-corrected chi connectivity index (χ4v) is 3.22. The number of hydrogen-bond acceptors (Lipinski definition) is 2. The van der Waals surface area contributed by atoms with Gasteiger partial charge in [-0.3, -0.25) is 0 Å². The van der Waals surface area contributed by atoms with Crippen molar-refractivity contribution in [2.75, 3.05) is 20.2 Å². The smallest absolute Gasteiger partial charge is 0.126 e. The summed E-state index contributed by atoms with van der Waals surface area (Å²) >= 11 is 0. The van der Waals surface area contributed by atoms with E-state index in [-0.39, 0.29) is 5.41 Å². The second kappa shape index (κ2) is 6.17. The van der Waals surface area contributed by atoms with E-state index in [9.17, 15) is 0 Å². The molecular formula is C18H29NO. The third-order valence-corrected chi connectivity index (χ3v) is 4.29. The van der Waals surface area contributed by atoms with E-state index >= 15 is 0 Å². The molecule has 1 atom stereocenters. The fraction of sp³-hybridized carbons (Fsp3) is 0.667. The fourth-order valence-electron chi connectivity index (χ4n) is 3.22. The third-order valence-electron chi connectivity index (χ3n) is 4.29. The zero-order valence-corrected chi connectivity index (χ0v) is 13.7. The minimum atomic E-state index is 0.120. The molecule has 0 spiro atoms. The molecule has 1 saturated heterocycles. The van der Waals surface area contributed by atoms with Gasteiger partial charge in [0.15, 0.2) is 0 Å². The van der Waals surface area contributed by atoms with E-state index in [0.29, 0.717) is 5.92 Å². The molecule has 1 aromatic carbocycles. The SMILES string of the molecule is COc1c(C2CCCNCC2)cc(C)cc1C(C)(C)C. The molecule has 0 aliphatic carbocycles. The first-order valence-electron chi connectivity index (χ1n) is 7.83. The highest BCUT2D eigenvalue weighted by molar-refractivity contribution is 5.49. The molecule has 112 valence electrons. The van der Waals surface area contributed by atoms with Gasteiger partial charge in [-0.25, -0.2) is 0 Å². The van der Waals surface area contributed by atoms with Gasteiger partial charge in [0, 0.05) is 5.56 Å².